The Morgan fingerprint density at radius 2 is 2.36 bits per heavy atom. The van der Waals surface area contributed by atoms with Crippen LogP contribution in [0.2, 0.25) is 0 Å². The molecule has 0 aliphatic carbocycles. The van der Waals surface area contributed by atoms with E-state index in [4.69, 9.17) is 0 Å². The van der Waals surface area contributed by atoms with E-state index in [9.17, 15) is 4.79 Å². The Kier molecular flexibility index (Phi) is 4.28. The van der Waals surface area contributed by atoms with Gasteiger partial charge in [0.1, 0.15) is 10.7 Å². The van der Waals surface area contributed by atoms with Crippen molar-refractivity contribution in [3.05, 3.63) is 28.7 Å². The molecule has 1 atom stereocenters. The maximum atomic E-state index is 12.8. The average molecular weight is 318 g/mol. The molecule has 1 saturated heterocycles. The van der Waals surface area contributed by atoms with Crippen molar-refractivity contribution < 1.29 is 4.79 Å². The number of carbonyl (C=O) groups is 1. The van der Waals surface area contributed by atoms with E-state index in [0.717, 1.165) is 30.8 Å². The maximum absolute atomic E-state index is 12.8. The number of nitrogens with one attached hydrogen (secondary N) is 1. The van der Waals surface area contributed by atoms with Crippen molar-refractivity contribution in [3.8, 4) is 0 Å². The first-order valence-electron chi connectivity index (χ1n) is 7.36. The topological polar surface area (TPSA) is 83.9 Å². The highest BCUT2D eigenvalue weighted by Gasteiger charge is 2.33. The summed E-state index contributed by atoms with van der Waals surface area (Å²) in [5, 5.41) is 7.02. The molecule has 0 spiro atoms. The Morgan fingerprint density at radius 3 is 3.14 bits per heavy atom. The van der Waals surface area contributed by atoms with Gasteiger partial charge in [-0.15, -0.1) is 5.10 Å². The largest absolute Gasteiger partial charge is 0.372 e. The fraction of sp³-hybridized carbons (Fsp3) is 0.500. The van der Waals surface area contributed by atoms with Crippen LogP contribution in [0.25, 0.3) is 0 Å². The van der Waals surface area contributed by atoms with Gasteiger partial charge in [0.25, 0.3) is 5.91 Å². The normalized spacial score (nSPS) is 17.7. The second-order valence-electron chi connectivity index (χ2n) is 5.14. The molecule has 3 rings (SSSR count). The lowest BCUT2D eigenvalue weighted by atomic mass is 10.1. The quantitative estimate of drug-likeness (QED) is 0.927. The number of anilines is 1. The summed E-state index contributed by atoms with van der Waals surface area (Å²) in [5.74, 6) is 0.719. The first-order valence-corrected chi connectivity index (χ1v) is 8.13. The van der Waals surface area contributed by atoms with Gasteiger partial charge in [0, 0.05) is 13.6 Å². The van der Waals surface area contributed by atoms with E-state index in [-0.39, 0.29) is 11.9 Å². The lowest BCUT2D eigenvalue weighted by Crippen LogP contribution is -2.31. The van der Waals surface area contributed by atoms with Crippen LogP contribution in [0.1, 0.15) is 46.9 Å². The van der Waals surface area contributed by atoms with Crippen LogP contribution in [0.4, 0.5) is 5.82 Å². The SMILES string of the molecule is CCc1nnsc1C(=O)N1CCC[C@@H]1c1cncc(NC)n1. The van der Waals surface area contributed by atoms with Gasteiger partial charge in [0.15, 0.2) is 0 Å². The summed E-state index contributed by atoms with van der Waals surface area (Å²) < 4.78 is 3.92. The molecule has 8 heteroatoms. The number of aromatic nitrogens is 4. The number of nitrogens with zero attached hydrogens (tertiary/aromatic N) is 5. The standard InChI is InChI=1S/C14H18N6OS/c1-3-9-13(22-19-18-9)14(21)20-6-4-5-11(20)10-7-16-8-12(15-2)17-10/h7-8,11H,3-6H2,1-2H3,(H,15,17)/t11-/m1/s1. The molecule has 1 aliphatic rings. The predicted molar refractivity (Wildman–Crippen MR) is 83.9 cm³/mol. The van der Waals surface area contributed by atoms with Crippen LogP contribution in [0.15, 0.2) is 12.4 Å². The molecule has 1 N–H and O–H groups in total. The van der Waals surface area contributed by atoms with Crippen molar-refractivity contribution in [2.45, 2.75) is 32.2 Å². The molecular weight excluding hydrogens is 300 g/mol. The maximum Gasteiger partial charge on any atom is 0.268 e. The van der Waals surface area contributed by atoms with Crippen molar-refractivity contribution >= 4 is 23.3 Å². The van der Waals surface area contributed by atoms with E-state index < -0.39 is 0 Å². The summed E-state index contributed by atoms with van der Waals surface area (Å²) in [4.78, 5) is 24.1. The Balaban J connectivity index is 1.88. The van der Waals surface area contributed by atoms with Gasteiger partial charge in [-0.1, -0.05) is 11.4 Å². The summed E-state index contributed by atoms with van der Waals surface area (Å²) in [7, 11) is 1.81. The van der Waals surface area contributed by atoms with Crippen LogP contribution in [-0.2, 0) is 6.42 Å². The molecule has 2 aromatic heterocycles. The molecule has 3 heterocycles. The highest BCUT2D eigenvalue weighted by Crippen LogP contribution is 2.33. The van der Waals surface area contributed by atoms with Crippen molar-refractivity contribution in [2.24, 2.45) is 0 Å². The second-order valence-corrected chi connectivity index (χ2v) is 5.89. The number of hydrogen-bond donors (Lipinski definition) is 1. The van der Waals surface area contributed by atoms with Gasteiger partial charge in [-0.2, -0.15) is 0 Å². The number of amides is 1. The van der Waals surface area contributed by atoms with Crippen molar-refractivity contribution in [1.82, 2.24) is 24.5 Å². The minimum Gasteiger partial charge on any atom is -0.372 e. The van der Waals surface area contributed by atoms with E-state index in [1.165, 1.54) is 11.5 Å². The third-order valence-corrected chi connectivity index (χ3v) is 4.61. The molecule has 0 unspecified atom stereocenters. The van der Waals surface area contributed by atoms with E-state index in [0.29, 0.717) is 17.1 Å². The van der Waals surface area contributed by atoms with Crippen LogP contribution >= 0.6 is 11.5 Å². The predicted octanol–water partition coefficient (Wildman–Crippen LogP) is 1.91. The summed E-state index contributed by atoms with van der Waals surface area (Å²) in [6.07, 6.45) is 6.00. The van der Waals surface area contributed by atoms with Crippen LogP contribution in [0.3, 0.4) is 0 Å². The Bertz CT molecular complexity index is 673. The molecule has 0 aromatic carbocycles. The second kappa shape index (κ2) is 6.35. The highest BCUT2D eigenvalue weighted by atomic mass is 32.1. The fourth-order valence-electron chi connectivity index (χ4n) is 2.71. The van der Waals surface area contributed by atoms with E-state index in [2.05, 4.69) is 24.9 Å². The molecule has 22 heavy (non-hydrogen) atoms. The first-order chi connectivity index (χ1) is 10.7. The zero-order valence-corrected chi connectivity index (χ0v) is 13.4. The minimum absolute atomic E-state index is 0.00557. The summed E-state index contributed by atoms with van der Waals surface area (Å²) in [6, 6.07) is -0.0277. The van der Waals surface area contributed by atoms with E-state index in [1.54, 1.807) is 12.4 Å². The zero-order valence-electron chi connectivity index (χ0n) is 12.6. The number of carbonyl (C=O) groups excluding carboxylic acids is 1. The van der Waals surface area contributed by atoms with Crippen LogP contribution in [0, 0.1) is 0 Å². The summed E-state index contributed by atoms with van der Waals surface area (Å²) in [6.45, 7) is 2.72. The lowest BCUT2D eigenvalue weighted by Gasteiger charge is -2.23. The third kappa shape index (κ3) is 2.66. The van der Waals surface area contributed by atoms with Crippen molar-refractivity contribution in [2.75, 3.05) is 18.9 Å². The van der Waals surface area contributed by atoms with E-state index in [1.807, 2.05) is 18.9 Å². The molecule has 0 saturated carbocycles. The van der Waals surface area contributed by atoms with E-state index >= 15 is 0 Å². The Morgan fingerprint density at radius 1 is 1.50 bits per heavy atom. The molecule has 0 bridgehead atoms. The van der Waals surface area contributed by atoms with Crippen LogP contribution < -0.4 is 5.32 Å². The zero-order chi connectivity index (χ0) is 15.5. The monoisotopic (exact) mass is 318 g/mol. The van der Waals surface area contributed by atoms with Gasteiger partial charge >= 0.3 is 0 Å². The lowest BCUT2D eigenvalue weighted by molar-refractivity contribution is 0.0736. The molecule has 2 aromatic rings. The number of rotatable bonds is 4. The number of likely N-dealkylation sites (tertiary alicyclic amines) is 1. The summed E-state index contributed by atoms with van der Waals surface area (Å²) >= 11 is 1.17. The number of aryl methyl sites for hydroxylation is 1. The molecule has 1 fully saturated rings. The molecular formula is C14H18N6OS. The first kappa shape index (κ1) is 14.8. The molecule has 1 amide bonds. The van der Waals surface area contributed by atoms with Gasteiger partial charge in [-0.3, -0.25) is 9.78 Å². The Labute approximate surface area is 133 Å². The van der Waals surface area contributed by atoms with Crippen molar-refractivity contribution in [3.63, 3.8) is 0 Å². The third-order valence-electron chi connectivity index (χ3n) is 3.85. The van der Waals surface area contributed by atoms with Crippen molar-refractivity contribution in [1.29, 1.82) is 0 Å². The minimum atomic E-state index is -0.0277. The van der Waals surface area contributed by atoms with Crippen LogP contribution in [-0.4, -0.2) is 44.0 Å². The van der Waals surface area contributed by atoms with Gasteiger partial charge in [-0.05, 0) is 30.8 Å². The van der Waals surface area contributed by atoms with Gasteiger partial charge in [0.05, 0.1) is 29.8 Å². The highest BCUT2D eigenvalue weighted by molar-refractivity contribution is 7.08. The fourth-order valence-corrected chi connectivity index (χ4v) is 3.42. The Hall–Kier alpha value is -2.09. The van der Waals surface area contributed by atoms with Crippen LogP contribution in [0.5, 0.6) is 0 Å². The molecule has 7 nitrogen and oxygen atoms in total. The smallest absolute Gasteiger partial charge is 0.268 e. The molecule has 0 radical (unpaired) electrons. The number of hydrogen-bond acceptors (Lipinski definition) is 7. The molecule has 116 valence electrons. The van der Waals surface area contributed by atoms with Gasteiger partial charge < -0.3 is 10.2 Å². The average Bonchev–Trinajstić information content (AvgIpc) is 3.23. The van der Waals surface area contributed by atoms with Gasteiger partial charge in [-0.25, -0.2) is 4.98 Å². The molecule has 1 aliphatic heterocycles. The van der Waals surface area contributed by atoms with Gasteiger partial charge in [0.2, 0.25) is 0 Å². The summed E-state index contributed by atoms with van der Waals surface area (Å²) in [5.41, 5.74) is 1.60.